The largest absolute Gasteiger partial charge is 0.304 e. The first-order valence-electron chi connectivity index (χ1n) is 3.33. The van der Waals surface area contributed by atoms with Crippen molar-refractivity contribution in [2.75, 3.05) is 11.2 Å². The fraction of sp³-hybridized carbons (Fsp3) is 0.200. The summed E-state index contributed by atoms with van der Waals surface area (Å²) in [7, 11) is 0. The summed E-state index contributed by atoms with van der Waals surface area (Å²) in [5, 5.41) is 9.35. The monoisotopic (exact) mass is 201 g/mol. The van der Waals surface area contributed by atoms with E-state index in [2.05, 4.69) is 30.2 Å². The molecular weight excluding hydrogens is 198 g/mol. The van der Waals surface area contributed by atoms with Gasteiger partial charge in [0.1, 0.15) is 5.88 Å². The van der Waals surface area contributed by atoms with Gasteiger partial charge in [-0.1, -0.05) is 0 Å². The predicted molar refractivity (Wildman–Crippen MR) is 43.3 cm³/mol. The molecule has 1 amide bonds. The molecule has 0 unspecified atom stereocenters. The highest BCUT2D eigenvalue weighted by molar-refractivity contribution is 6.28. The lowest BCUT2D eigenvalue weighted by Gasteiger charge is -1.94. The maximum absolute atomic E-state index is 10.8. The van der Waals surface area contributed by atoms with Crippen LogP contribution < -0.4 is 5.32 Å². The van der Waals surface area contributed by atoms with Crippen LogP contribution >= 0.6 is 11.6 Å². The number of nitrogens with one attached hydrogen (secondary N) is 2. The predicted octanol–water partition coefficient (Wildman–Crippen LogP) is 0.123. The molecule has 0 fully saturated rings. The van der Waals surface area contributed by atoms with Crippen molar-refractivity contribution in [3.8, 4) is 0 Å². The van der Waals surface area contributed by atoms with Gasteiger partial charge in [0.15, 0.2) is 0 Å². The molecule has 0 saturated carbocycles. The molecule has 13 heavy (non-hydrogen) atoms. The fourth-order valence-corrected chi connectivity index (χ4v) is 0.874. The molecule has 0 aliphatic carbocycles. The van der Waals surface area contributed by atoms with E-state index in [-0.39, 0.29) is 17.7 Å². The lowest BCUT2D eigenvalue weighted by molar-refractivity contribution is -0.114. The van der Waals surface area contributed by atoms with Gasteiger partial charge in [0.05, 0.1) is 0 Å². The Morgan fingerprint density at radius 1 is 1.62 bits per heavy atom. The number of H-pyrrole nitrogens is 1. The van der Waals surface area contributed by atoms with Crippen LogP contribution in [0.5, 0.6) is 0 Å². The van der Waals surface area contributed by atoms with Crippen LogP contribution in [0.2, 0.25) is 0 Å². The van der Waals surface area contributed by atoms with Gasteiger partial charge in [-0.05, 0) is 10.3 Å². The van der Waals surface area contributed by atoms with Crippen LogP contribution in [0, 0.1) is 0 Å². The molecule has 0 radical (unpaired) electrons. The molecule has 2 aromatic heterocycles. The van der Waals surface area contributed by atoms with Crippen LogP contribution in [0.3, 0.4) is 0 Å². The number of imidazole rings is 1. The van der Waals surface area contributed by atoms with E-state index in [0.717, 1.165) is 0 Å². The molecule has 0 saturated heterocycles. The average molecular weight is 202 g/mol. The van der Waals surface area contributed by atoms with Crippen LogP contribution in [-0.2, 0) is 4.79 Å². The highest BCUT2D eigenvalue weighted by Gasteiger charge is 2.08. The first-order valence-corrected chi connectivity index (χ1v) is 3.87. The minimum absolute atomic E-state index is 0.129. The maximum Gasteiger partial charge on any atom is 0.244 e. The summed E-state index contributed by atoms with van der Waals surface area (Å²) in [6.45, 7) is 0. The van der Waals surface area contributed by atoms with Gasteiger partial charge in [-0.2, -0.15) is 4.98 Å². The zero-order chi connectivity index (χ0) is 9.26. The van der Waals surface area contributed by atoms with E-state index in [1.807, 2.05) is 0 Å². The molecule has 0 spiro atoms. The van der Waals surface area contributed by atoms with Crippen molar-refractivity contribution in [1.29, 1.82) is 0 Å². The number of alkyl halides is 1. The van der Waals surface area contributed by atoms with Crippen molar-refractivity contribution in [1.82, 2.24) is 20.3 Å². The minimum Gasteiger partial charge on any atom is -0.304 e. The van der Waals surface area contributed by atoms with Crippen LogP contribution in [0.4, 0.5) is 5.95 Å². The Labute approximate surface area is 76.4 Å². The third kappa shape index (κ3) is 1.45. The van der Waals surface area contributed by atoms with Crippen molar-refractivity contribution in [3.63, 3.8) is 0 Å². The van der Waals surface area contributed by atoms with E-state index in [9.17, 15) is 4.79 Å². The number of aromatic nitrogens is 4. The standard InChI is InChI=1S/C5H4ClN5O2/c6-1-2(12)7-5-8-3-4(9-5)11-13-10-3/h1H2,(H2,7,8,9,10,11,12). The van der Waals surface area contributed by atoms with Crippen molar-refractivity contribution in [2.24, 2.45) is 0 Å². The Morgan fingerprint density at radius 2 is 2.46 bits per heavy atom. The van der Waals surface area contributed by atoms with Gasteiger partial charge in [-0.3, -0.25) is 10.1 Å². The number of fused-ring (bicyclic) bond motifs is 1. The Morgan fingerprint density at radius 3 is 3.15 bits per heavy atom. The average Bonchev–Trinajstić information content (AvgIpc) is 2.63. The second-order valence-corrected chi connectivity index (χ2v) is 2.47. The molecule has 0 aliphatic rings. The number of aromatic amines is 1. The second-order valence-electron chi connectivity index (χ2n) is 2.20. The topological polar surface area (TPSA) is 96.7 Å². The number of rotatable bonds is 2. The van der Waals surface area contributed by atoms with Crippen molar-refractivity contribution in [2.45, 2.75) is 0 Å². The Kier molecular flexibility index (Phi) is 1.85. The third-order valence-electron chi connectivity index (χ3n) is 1.30. The zero-order valence-electron chi connectivity index (χ0n) is 6.24. The molecule has 7 nitrogen and oxygen atoms in total. The van der Waals surface area contributed by atoms with E-state index in [1.54, 1.807) is 0 Å². The number of hydrogen-bond donors (Lipinski definition) is 2. The van der Waals surface area contributed by atoms with Crippen molar-refractivity contribution >= 4 is 34.8 Å². The van der Waals surface area contributed by atoms with Crippen LogP contribution in [0.25, 0.3) is 11.3 Å². The first-order chi connectivity index (χ1) is 6.29. The summed E-state index contributed by atoms with van der Waals surface area (Å²) in [5.41, 5.74) is 0.690. The number of halogens is 1. The van der Waals surface area contributed by atoms with Crippen LogP contribution in [0.1, 0.15) is 0 Å². The normalized spacial score (nSPS) is 10.5. The van der Waals surface area contributed by atoms with E-state index in [0.29, 0.717) is 11.3 Å². The molecule has 0 aliphatic heterocycles. The van der Waals surface area contributed by atoms with E-state index in [1.165, 1.54) is 0 Å². The second kappa shape index (κ2) is 3.02. The SMILES string of the molecule is O=C(CCl)Nc1nc2nonc2[nH]1. The lowest BCUT2D eigenvalue weighted by atomic mass is 10.7. The molecule has 2 aromatic rings. The smallest absolute Gasteiger partial charge is 0.244 e. The highest BCUT2D eigenvalue weighted by atomic mass is 35.5. The molecule has 2 heterocycles. The molecular formula is C5H4ClN5O2. The zero-order valence-corrected chi connectivity index (χ0v) is 7.00. The molecule has 0 atom stereocenters. The number of amides is 1. The Hall–Kier alpha value is -1.63. The number of anilines is 1. The third-order valence-corrected chi connectivity index (χ3v) is 1.55. The number of nitrogens with zero attached hydrogens (tertiary/aromatic N) is 3. The molecule has 0 bridgehead atoms. The fourth-order valence-electron chi connectivity index (χ4n) is 0.807. The summed E-state index contributed by atoms with van der Waals surface area (Å²) >= 11 is 5.27. The summed E-state index contributed by atoms with van der Waals surface area (Å²) in [6.07, 6.45) is 0. The van der Waals surface area contributed by atoms with Gasteiger partial charge in [0.2, 0.25) is 23.1 Å². The molecule has 0 aromatic carbocycles. The highest BCUT2D eigenvalue weighted by Crippen LogP contribution is 2.08. The molecule has 2 rings (SSSR count). The number of carbonyl (C=O) groups is 1. The first kappa shape index (κ1) is 7.99. The lowest BCUT2D eigenvalue weighted by Crippen LogP contribution is -2.13. The van der Waals surface area contributed by atoms with Gasteiger partial charge in [0.25, 0.3) is 0 Å². The van der Waals surface area contributed by atoms with Gasteiger partial charge in [-0.25, -0.2) is 4.63 Å². The summed E-state index contributed by atoms with van der Waals surface area (Å²) < 4.78 is 4.36. The molecule has 68 valence electrons. The van der Waals surface area contributed by atoms with Crippen LogP contribution in [-0.4, -0.2) is 32.1 Å². The number of hydrogen-bond acceptors (Lipinski definition) is 5. The maximum atomic E-state index is 10.8. The molecule has 2 N–H and O–H groups in total. The Balaban J connectivity index is 2.25. The van der Waals surface area contributed by atoms with Crippen molar-refractivity contribution in [3.05, 3.63) is 0 Å². The summed E-state index contributed by atoms with van der Waals surface area (Å²) in [5.74, 6) is -0.225. The van der Waals surface area contributed by atoms with Crippen LogP contribution in [0.15, 0.2) is 4.63 Å². The van der Waals surface area contributed by atoms with E-state index in [4.69, 9.17) is 11.6 Å². The Bertz CT molecular complexity index is 406. The van der Waals surface area contributed by atoms with Gasteiger partial charge in [-0.15, -0.1) is 11.6 Å². The quantitative estimate of drug-likeness (QED) is 0.673. The van der Waals surface area contributed by atoms with Gasteiger partial charge in [0, 0.05) is 0 Å². The van der Waals surface area contributed by atoms with Gasteiger partial charge >= 0.3 is 0 Å². The van der Waals surface area contributed by atoms with E-state index >= 15 is 0 Å². The van der Waals surface area contributed by atoms with Gasteiger partial charge < -0.3 is 4.98 Å². The minimum atomic E-state index is -0.352. The van der Waals surface area contributed by atoms with Crippen molar-refractivity contribution < 1.29 is 9.42 Å². The number of carbonyl (C=O) groups excluding carboxylic acids is 1. The van der Waals surface area contributed by atoms with E-state index < -0.39 is 0 Å². The summed E-state index contributed by atoms with van der Waals surface area (Å²) in [6, 6.07) is 0. The molecule has 8 heteroatoms. The summed E-state index contributed by atoms with van der Waals surface area (Å²) in [4.78, 5) is 17.3.